The fraction of sp³-hybridized carbons (Fsp3) is 0.421. The average Bonchev–Trinajstić information content (AvgIpc) is 2.81. The van der Waals surface area contributed by atoms with Crippen molar-refractivity contribution in [3.05, 3.63) is 48.0 Å². The second-order valence-corrected chi connectivity index (χ2v) is 5.96. The normalized spacial score (nSPS) is 16.8. The molecule has 2 aromatic carbocycles. The van der Waals surface area contributed by atoms with E-state index in [0.29, 0.717) is 6.42 Å². The zero-order chi connectivity index (χ0) is 14.5. The van der Waals surface area contributed by atoms with Crippen LogP contribution in [0, 0.1) is 0 Å². The smallest absolute Gasteiger partial charge is 0.164 e. The van der Waals surface area contributed by atoms with Crippen LogP contribution in [0.15, 0.2) is 42.5 Å². The Morgan fingerprint density at radius 1 is 0.905 bits per heavy atom. The summed E-state index contributed by atoms with van der Waals surface area (Å²) in [6, 6.07) is 14.2. The summed E-state index contributed by atoms with van der Waals surface area (Å²) in [5, 5.41) is 2.24. The highest BCUT2D eigenvalue weighted by Crippen LogP contribution is 2.20. The van der Waals surface area contributed by atoms with Gasteiger partial charge in [0.25, 0.3) is 0 Å². The average molecular weight is 281 g/mol. The van der Waals surface area contributed by atoms with Gasteiger partial charge in [0.05, 0.1) is 0 Å². The molecule has 0 amide bonds. The Balaban J connectivity index is 1.69. The van der Waals surface area contributed by atoms with Crippen LogP contribution in [-0.4, -0.2) is 30.3 Å². The maximum Gasteiger partial charge on any atom is 0.164 e. The fourth-order valence-corrected chi connectivity index (χ4v) is 3.22. The lowest BCUT2D eigenvalue weighted by molar-refractivity contribution is 0.0966. The number of likely N-dealkylation sites (tertiary alicyclic amines) is 1. The zero-order valence-electron chi connectivity index (χ0n) is 12.6. The molecule has 0 unspecified atom stereocenters. The molecule has 2 nitrogen and oxygen atoms in total. The predicted octanol–water partition coefficient (Wildman–Crippen LogP) is 4.29. The third-order valence-corrected chi connectivity index (χ3v) is 4.44. The SMILES string of the molecule is O=C(CCN1CCCCCC1)c1cccc2ccccc12. The van der Waals surface area contributed by atoms with Gasteiger partial charge in [0, 0.05) is 18.5 Å². The molecule has 2 heteroatoms. The third-order valence-electron chi connectivity index (χ3n) is 4.44. The van der Waals surface area contributed by atoms with E-state index in [4.69, 9.17) is 0 Å². The van der Waals surface area contributed by atoms with E-state index < -0.39 is 0 Å². The monoisotopic (exact) mass is 281 g/mol. The first kappa shape index (κ1) is 14.3. The Labute approximate surface area is 126 Å². The Morgan fingerprint density at radius 2 is 1.62 bits per heavy atom. The maximum absolute atomic E-state index is 12.6. The standard InChI is InChI=1S/C19H23NO/c21-19(12-15-20-13-5-1-2-6-14-20)18-11-7-9-16-8-3-4-10-17(16)18/h3-4,7-11H,1-2,5-6,12-15H2. The van der Waals surface area contributed by atoms with E-state index >= 15 is 0 Å². The van der Waals surface area contributed by atoms with Gasteiger partial charge in [-0.1, -0.05) is 55.3 Å². The van der Waals surface area contributed by atoms with E-state index in [0.717, 1.165) is 36.0 Å². The Bertz CT molecular complexity index is 606. The van der Waals surface area contributed by atoms with Gasteiger partial charge in [0.15, 0.2) is 5.78 Å². The van der Waals surface area contributed by atoms with Crippen LogP contribution in [0.2, 0.25) is 0 Å². The third kappa shape index (κ3) is 3.51. The summed E-state index contributed by atoms with van der Waals surface area (Å²) in [6.45, 7) is 3.22. The second-order valence-electron chi connectivity index (χ2n) is 5.96. The number of hydrogen-bond acceptors (Lipinski definition) is 2. The minimum atomic E-state index is 0.274. The molecule has 0 N–H and O–H groups in total. The minimum Gasteiger partial charge on any atom is -0.303 e. The van der Waals surface area contributed by atoms with Crippen LogP contribution in [0.5, 0.6) is 0 Å². The number of benzene rings is 2. The molecule has 1 saturated heterocycles. The van der Waals surface area contributed by atoms with Gasteiger partial charge >= 0.3 is 0 Å². The van der Waals surface area contributed by atoms with Gasteiger partial charge in [-0.05, 0) is 36.7 Å². The van der Waals surface area contributed by atoms with Crippen molar-refractivity contribution >= 4 is 16.6 Å². The topological polar surface area (TPSA) is 20.3 Å². The van der Waals surface area contributed by atoms with E-state index in [9.17, 15) is 4.79 Å². The summed E-state index contributed by atoms with van der Waals surface area (Å²) < 4.78 is 0. The molecule has 3 rings (SSSR count). The second kappa shape index (κ2) is 6.86. The van der Waals surface area contributed by atoms with Gasteiger partial charge in [-0.2, -0.15) is 0 Å². The molecule has 21 heavy (non-hydrogen) atoms. The van der Waals surface area contributed by atoms with Crippen LogP contribution in [0.25, 0.3) is 10.8 Å². The molecular formula is C19H23NO. The van der Waals surface area contributed by atoms with Gasteiger partial charge in [0.1, 0.15) is 0 Å². The fourth-order valence-electron chi connectivity index (χ4n) is 3.22. The molecule has 0 saturated carbocycles. The number of Topliss-reactive ketones (excluding diaryl/α,β-unsaturated/α-hetero) is 1. The number of nitrogens with zero attached hydrogens (tertiary/aromatic N) is 1. The lowest BCUT2D eigenvalue weighted by atomic mass is 10.00. The highest BCUT2D eigenvalue weighted by molar-refractivity contribution is 6.08. The van der Waals surface area contributed by atoms with E-state index in [1.54, 1.807) is 0 Å². The summed E-state index contributed by atoms with van der Waals surface area (Å²) in [5.74, 6) is 0.274. The number of ketones is 1. The van der Waals surface area contributed by atoms with Crippen LogP contribution in [0.3, 0.4) is 0 Å². The summed E-state index contributed by atoms with van der Waals surface area (Å²) in [4.78, 5) is 15.0. The Hall–Kier alpha value is -1.67. The lowest BCUT2D eigenvalue weighted by Crippen LogP contribution is -2.27. The summed E-state index contributed by atoms with van der Waals surface area (Å²) in [6.07, 6.45) is 5.88. The van der Waals surface area contributed by atoms with Gasteiger partial charge < -0.3 is 4.90 Å². The first-order chi connectivity index (χ1) is 10.3. The van der Waals surface area contributed by atoms with Crippen molar-refractivity contribution < 1.29 is 4.79 Å². The molecule has 0 atom stereocenters. The highest BCUT2D eigenvalue weighted by Gasteiger charge is 2.13. The zero-order valence-corrected chi connectivity index (χ0v) is 12.6. The van der Waals surface area contributed by atoms with Crippen molar-refractivity contribution in [2.45, 2.75) is 32.1 Å². The van der Waals surface area contributed by atoms with E-state index in [1.807, 2.05) is 24.3 Å². The molecule has 0 bridgehead atoms. The maximum atomic E-state index is 12.6. The predicted molar refractivity (Wildman–Crippen MR) is 87.8 cm³/mol. The Kier molecular flexibility index (Phi) is 4.66. The number of carbonyl (C=O) groups excluding carboxylic acids is 1. The van der Waals surface area contributed by atoms with Gasteiger partial charge in [0.2, 0.25) is 0 Å². The molecule has 1 fully saturated rings. The largest absolute Gasteiger partial charge is 0.303 e. The molecule has 0 aromatic heterocycles. The molecule has 1 aliphatic heterocycles. The van der Waals surface area contributed by atoms with Crippen LogP contribution < -0.4 is 0 Å². The summed E-state index contributed by atoms with van der Waals surface area (Å²) in [7, 11) is 0. The molecule has 0 aliphatic carbocycles. The van der Waals surface area contributed by atoms with Crippen LogP contribution in [-0.2, 0) is 0 Å². The minimum absolute atomic E-state index is 0.274. The van der Waals surface area contributed by atoms with Crippen molar-refractivity contribution in [3.8, 4) is 0 Å². The number of hydrogen-bond donors (Lipinski definition) is 0. The molecule has 1 heterocycles. The summed E-state index contributed by atoms with van der Waals surface area (Å²) in [5.41, 5.74) is 0.878. The van der Waals surface area contributed by atoms with Crippen molar-refractivity contribution in [2.24, 2.45) is 0 Å². The van der Waals surface area contributed by atoms with Crippen LogP contribution >= 0.6 is 0 Å². The molecule has 0 spiro atoms. The van der Waals surface area contributed by atoms with Crippen molar-refractivity contribution in [1.82, 2.24) is 4.90 Å². The lowest BCUT2D eigenvalue weighted by Gasteiger charge is -2.19. The van der Waals surface area contributed by atoms with Gasteiger partial charge in [-0.15, -0.1) is 0 Å². The van der Waals surface area contributed by atoms with Crippen LogP contribution in [0.1, 0.15) is 42.5 Å². The van der Waals surface area contributed by atoms with Gasteiger partial charge in [-0.3, -0.25) is 4.79 Å². The highest BCUT2D eigenvalue weighted by atomic mass is 16.1. The van der Waals surface area contributed by atoms with Gasteiger partial charge in [-0.25, -0.2) is 0 Å². The first-order valence-corrected chi connectivity index (χ1v) is 8.08. The van der Waals surface area contributed by atoms with Crippen molar-refractivity contribution in [3.63, 3.8) is 0 Å². The van der Waals surface area contributed by atoms with E-state index in [1.165, 1.54) is 25.7 Å². The molecular weight excluding hydrogens is 258 g/mol. The van der Waals surface area contributed by atoms with Crippen molar-refractivity contribution in [1.29, 1.82) is 0 Å². The van der Waals surface area contributed by atoms with Crippen LogP contribution in [0.4, 0.5) is 0 Å². The van der Waals surface area contributed by atoms with Crippen molar-refractivity contribution in [2.75, 3.05) is 19.6 Å². The number of carbonyl (C=O) groups is 1. The Morgan fingerprint density at radius 3 is 2.43 bits per heavy atom. The molecule has 110 valence electrons. The number of fused-ring (bicyclic) bond motifs is 1. The quantitative estimate of drug-likeness (QED) is 0.779. The van der Waals surface area contributed by atoms with E-state index in [-0.39, 0.29) is 5.78 Å². The number of rotatable bonds is 4. The molecule has 0 radical (unpaired) electrons. The van der Waals surface area contributed by atoms with E-state index in [2.05, 4.69) is 23.1 Å². The summed E-state index contributed by atoms with van der Waals surface area (Å²) >= 11 is 0. The first-order valence-electron chi connectivity index (χ1n) is 8.08. The molecule has 2 aromatic rings. The molecule has 1 aliphatic rings.